The van der Waals surface area contributed by atoms with E-state index in [1.165, 1.54) is 5.56 Å². The van der Waals surface area contributed by atoms with Crippen LogP contribution in [0.5, 0.6) is 0 Å². The molecular formula is C23H29N5O3. The second-order valence-corrected chi connectivity index (χ2v) is 9.06. The van der Waals surface area contributed by atoms with E-state index in [9.17, 15) is 9.59 Å². The van der Waals surface area contributed by atoms with Gasteiger partial charge in [0.05, 0.1) is 6.54 Å². The third-order valence-electron chi connectivity index (χ3n) is 7.12. The smallest absolute Gasteiger partial charge is 0.292 e. The number of likely N-dealkylation sites (tertiary alicyclic amines) is 1. The SMILES string of the molecule is CNC(=O)c1noc(CN2C[C@H]3C[C@@H](C2)[C@H](Cc2ccccc2)N2C(=O)CCC[C@@H]32)n1. The van der Waals surface area contributed by atoms with Gasteiger partial charge in [-0.2, -0.15) is 4.98 Å². The van der Waals surface area contributed by atoms with E-state index < -0.39 is 0 Å². The molecular weight excluding hydrogens is 394 g/mol. The lowest BCUT2D eigenvalue weighted by atomic mass is 9.71. The summed E-state index contributed by atoms with van der Waals surface area (Å²) in [6, 6.07) is 11.0. The highest BCUT2D eigenvalue weighted by Crippen LogP contribution is 2.42. The Morgan fingerprint density at radius 1 is 1.23 bits per heavy atom. The molecule has 3 aliphatic rings. The summed E-state index contributed by atoms with van der Waals surface area (Å²) in [4.78, 5) is 33.6. The van der Waals surface area contributed by atoms with Crippen molar-refractivity contribution in [2.45, 2.75) is 50.7 Å². The zero-order chi connectivity index (χ0) is 21.4. The minimum Gasteiger partial charge on any atom is -0.352 e. The van der Waals surface area contributed by atoms with E-state index in [1.807, 2.05) is 6.07 Å². The van der Waals surface area contributed by atoms with Crippen LogP contribution in [0.4, 0.5) is 0 Å². The van der Waals surface area contributed by atoms with Crippen molar-refractivity contribution < 1.29 is 14.1 Å². The minimum atomic E-state index is -0.343. The van der Waals surface area contributed by atoms with E-state index in [0.717, 1.165) is 38.8 Å². The molecule has 8 heteroatoms. The molecule has 0 aliphatic carbocycles. The van der Waals surface area contributed by atoms with Crippen LogP contribution in [-0.2, 0) is 17.8 Å². The molecule has 2 aromatic rings. The van der Waals surface area contributed by atoms with Gasteiger partial charge in [-0.15, -0.1) is 0 Å². The van der Waals surface area contributed by atoms with Gasteiger partial charge in [0.25, 0.3) is 11.7 Å². The summed E-state index contributed by atoms with van der Waals surface area (Å²) in [5, 5.41) is 6.31. The zero-order valence-electron chi connectivity index (χ0n) is 17.9. The number of fused-ring (bicyclic) bond motifs is 4. The van der Waals surface area contributed by atoms with Gasteiger partial charge in [0.15, 0.2) is 0 Å². The Balaban J connectivity index is 1.36. The Hall–Kier alpha value is -2.74. The van der Waals surface area contributed by atoms with Crippen LogP contribution < -0.4 is 5.32 Å². The third-order valence-corrected chi connectivity index (χ3v) is 7.12. The maximum Gasteiger partial charge on any atom is 0.292 e. The maximum atomic E-state index is 13.0. The summed E-state index contributed by atoms with van der Waals surface area (Å²) < 4.78 is 5.33. The Morgan fingerprint density at radius 2 is 2.03 bits per heavy atom. The van der Waals surface area contributed by atoms with E-state index in [-0.39, 0.29) is 17.8 Å². The Bertz CT molecular complexity index is 946. The second-order valence-electron chi connectivity index (χ2n) is 9.06. The van der Waals surface area contributed by atoms with Gasteiger partial charge in [-0.1, -0.05) is 35.5 Å². The molecule has 5 rings (SSSR count). The number of carbonyl (C=O) groups is 2. The van der Waals surface area contributed by atoms with Crippen LogP contribution in [0.1, 0.15) is 47.8 Å². The Morgan fingerprint density at radius 3 is 2.84 bits per heavy atom. The number of nitrogens with one attached hydrogen (secondary N) is 1. The first kappa shape index (κ1) is 20.2. The number of nitrogens with zero attached hydrogens (tertiary/aromatic N) is 4. The summed E-state index contributed by atoms with van der Waals surface area (Å²) in [6.07, 6.45) is 4.81. The topological polar surface area (TPSA) is 91.6 Å². The van der Waals surface area contributed by atoms with Crippen molar-refractivity contribution in [1.29, 1.82) is 0 Å². The highest BCUT2D eigenvalue weighted by Gasteiger charge is 2.49. The first-order valence-corrected chi connectivity index (χ1v) is 11.2. The Kier molecular flexibility index (Phi) is 5.48. The highest BCUT2D eigenvalue weighted by atomic mass is 16.5. The summed E-state index contributed by atoms with van der Waals surface area (Å²) in [5.41, 5.74) is 1.28. The molecule has 0 radical (unpaired) electrons. The first-order valence-electron chi connectivity index (χ1n) is 11.2. The summed E-state index contributed by atoms with van der Waals surface area (Å²) >= 11 is 0. The quantitative estimate of drug-likeness (QED) is 0.790. The van der Waals surface area contributed by atoms with Crippen molar-refractivity contribution in [2.24, 2.45) is 11.8 Å². The molecule has 1 aromatic heterocycles. The predicted octanol–water partition coefficient (Wildman–Crippen LogP) is 1.87. The molecule has 4 heterocycles. The second kappa shape index (κ2) is 8.42. The van der Waals surface area contributed by atoms with Crippen LogP contribution in [0.3, 0.4) is 0 Å². The molecule has 8 nitrogen and oxygen atoms in total. The lowest BCUT2D eigenvalue weighted by Gasteiger charge is -2.56. The fourth-order valence-electron chi connectivity index (χ4n) is 5.83. The summed E-state index contributed by atoms with van der Waals surface area (Å²) in [5.74, 6) is 1.41. The van der Waals surface area contributed by atoms with Gasteiger partial charge in [0.1, 0.15) is 0 Å². The van der Waals surface area contributed by atoms with Gasteiger partial charge in [0, 0.05) is 38.6 Å². The highest BCUT2D eigenvalue weighted by molar-refractivity contribution is 5.89. The molecule has 0 unspecified atom stereocenters. The average Bonchev–Trinajstić information content (AvgIpc) is 3.25. The van der Waals surface area contributed by atoms with Gasteiger partial charge in [-0.25, -0.2) is 0 Å². The molecule has 0 saturated carbocycles. The average molecular weight is 424 g/mol. The molecule has 4 atom stereocenters. The number of piperidine rings is 3. The zero-order valence-corrected chi connectivity index (χ0v) is 17.9. The molecule has 2 amide bonds. The van der Waals surface area contributed by atoms with E-state index >= 15 is 0 Å². The number of hydrogen-bond acceptors (Lipinski definition) is 6. The summed E-state index contributed by atoms with van der Waals surface area (Å²) in [6.45, 7) is 2.35. The number of benzene rings is 1. The molecule has 2 bridgehead atoms. The van der Waals surface area contributed by atoms with Gasteiger partial charge in [-0.05, 0) is 43.1 Å². The van der Waals surface area contributed by atoms with E-state index in [2.05, 4.69) is 49.5 Å². The van der Waals surface area contributed by atoms with Crippen molar-refractivity contribution in [3.8, 4) is 0 Å². The van der Waals surface area contributed by atoms with E-state index in [0.29, 0.717) is 42.6 Å². The largest absolute Gasteiger partial charge is 0.352 e. The molecule has 3 saturated heterocycles. The number of hydrogen-bond donors (Lipinski definition) is 1. The van der Waals surface area contributed by atoms with Crippen molar-refractivity contribution >= 4 is 11.8 Å². The molecule has 0 spiro atoms. The van der Waals surface area contributed by atoms with Gasteiger partial charge < -0.3 is 14.7 Å². The molecule has 31 heavy (non-hydrogen) atoms. The molecule has 3 aliphatic heterocycles. The molecule has 1 aromatic carbocycles. The first-order chi connectivity index (χ1) is 15.1. The number of rotatable bonds is 5. The third kappa shape index (κ3) is 3.96. The number of carbonyl (C=O) groups excluding carboxylic acids is 2. The minimum absolute atomic E-state index is 0.0701. The van der Waals surface area contributed by atoms with Crippen LogP contribution in [-0.4, -0.2) is 64.0 Å². The lowest BCUT2D eigenvalue weighted by molar-refractivity contribution is -0.153. The van der Waals surface area contributed by atoms with Crippen LogP contribution >= 0.6 is 0 Å². The van der Waals surface area contributed by atoms with Crippen LogP contribution in [0.25, 0.3) is 0 Å². The standard InChI is InChI=1S/C23H29N5O3/c1-24-23(30)22-25-20(31-26-22)14-27-12-16-11-17(13-27)19(10-15-6-3-2-4-7-15)28-18(16)8-5-9-21(28)29/h2-4,6-7,16-19H,5,8-14H2,1H3,(H,24,30)/t16-,17+,18+,19+/m1/s1. The van der Waals surface area contributed by atoms with Crippen molar-refractivity contribution in [2.75, 3.05) is 20.1 Å². The molecule has 164 valence electrons. The fourth-order valence-corrected chi connectivity index (χ4v) is 5.83. The number of aromatic nitrogens is 2. The van der Waals surface area contributed by atoms with Crippen molar-refractivity contribution in [1.82, 2.24) is 25.3 Å². The maximum absolute atomic E-state index is 13.0. The van der Waals surface area contributed by atoms with Crippen LogP contribution in [0.2, 0.25) is 0 Å². The van der Waals surface area contributed by atoms with E-state index in [4.69, 9.17) is 4.52 Å². The van der Waals surface area contributed by atoms with Gasteiger partial charge in [-0.3, -0.25) is 14.5 Å². The molecule has 3 fully saturated rings. The monoisotopic (exact) mass is 423 g/mol. The summed E-state index contributed by atoms with van der Waals surface area (Å²) in [7, 11) is 1.55. The normalized spacial score (nSPS) is 28.3. The number of amides is 2. The predicted molar refractivity (Wildman–Crippen MR) is 113 cm³/mol. The Labute approximate surface area is 182 Å². The van der Waals surface area contributed by atoms with Crippen LogP contribution in [0, 0.1) is 11.8 Å². The van der Waals surface area contributed by atoms with Gasteiger partial charge >= 0.3 is 0 Å². The van der Waals surface area contributed by atoms with Crippen LogP contribution in [0.15, 0.2) is 34.9 Å². The van der Waals surface area contributed by atoms with Gasteiger partial charge in [0.2, 0.25) is 11.8 Å². The lowest BCUT2D eigenvalue weighted by Crippen LogP contribution is -2.65. The van der Waals surface area contributed by atoms with Crippen molar-refractivity contribution in [3.63, 3.8) is 0 Å². The fraction of sp³-hybridized carbons (Fsp3) is 0.565. The molecule has 1 N–H and O–H groups in total. The van der Waals surface area contributed by atoms with E-state index in [1.54, 1.807) is 7.05 Å². The van der Waals surface area contributed by atoms with Crippen molar-refractivity contribution in [3.05, 3.63) is 47.6 Å².